The molecule has 11 heteroatoms. The normalized spacial score (nSPS) is 11.6. The van der Waals surface area contributed by atoms with Gasteiger partial charge in [0.05, 0.1) is 14.8 Å². The van der Waals surface area contributed by atoms with E-state index < -0.39 is 21.5 Å². The van der Waals surface area contributed by atoms with Crippen LogP contribution in [0.1, 0.15) is 23.1 Å². The fraction of sp³-hybridized carbons (Fsp3) is 0.161. The van der Waals surface area contributed by atoms with Crippen molar-refractivity contribution >= 4 is 45.7 Å². The van der Waals surface area contributed by atoms with Gasteiger partial charge in [0.2, 0.25) is 6.71 Å². The third-order valence-electron chi connectivity index (χ3n) is 7.09. The molecule has 0 bridgehead atoms. The van der Waals surface area contributed by atoms with E-state index in [1.54, 1.807) is 36.4 Å². The van der Waals surface area contributed by atoms with E-state index in [2.05, 4.69) is 4.90 Å². The molecule has 10 nitrogen and oxygen atoms in total. The van der Waals surface area contributed by atoms with Gasteiger partial charge in [0.15, 0.2) is 0 Å². The number of hydrogen-bond donors (Lipinski definition) is 0. The molecule has 0 atom stereocenters. The molecule has 0 aliphatic carbocycles. The Morgan fingerprint density at radius 1 is 0.619 bits per heavy atom. The summed E-state index contributed by atoms with van der Waals surface area (Å²) in [5.41, 5.74) is 5.91. The van der Waals surface area contributed by atoms with Crippen molar-refractivity contribution in [1.29, 1.82) is 0 Å². The Morgan fingerprint density at radius 2 is 1.00 bits per heavy atom. The van der Waals surface area contributed by atoms with Gasteiger partial charge in [-0.2, -0.15) is 0 Å². The van der Waals surface area contributed by atoms with Crippen LogP contribution in [-0.4, -0.2) is 47.0 Å². The zero-order valence-corrected chi connectivity index (χ0v) is 23.5. The smallest absolute Gasteiger partial charge is 0.269 e. The fourth-order valence-electron chi connectivity index (χ4n) is 4.91. The third kappa shape index (κ3) is 6.94. The SMILES string of the molecule is Cc1ccc(/C(CCN(C)C)=C(/B(c2ccc([N+](=O)[O-])cc2)c2ccc([N+](=O)[O-])cc2)c2ccc([N+](=O)[O-])cc2)cc1. The number of rotatable bonds is 11. The molecule has 4 aromatic carbocycles. The first-order valence-electron chi connectivity index (χ1n) is 13.2. The minimum atomic E-state index is -0.508. The molecule has 0 saturated carbocycles. The first kappa shape index (κ1) is 29.8. The molecule has 0 fully saturated rings. The second-order valence-corrected chi connectivity index (χ2v) is 10.2. The van der Waals surface area contributed by atoms with Gasteiger partial charge in [0, 0.05) is 42.9 Å². The van der Waals surface area contributed by atoms with Crippen molar-refractivity contribution in [1.82, 2.24) is 4.90 Å². The van der Waals surface area contributed by atoms with E-state index in [-0.39, 0.29) is 17.1 Å². The van der Waals surface area contributed by atoms with E-state index in [1.165, 1.54) is 36.4 Å². The van der Waals surface area contributed by atoms with Gasteiger partial charge >= 0.3 is 0 Å². The molecule has 0 aliphatic rings. The van der Waals surface area contributed by atoms with Gasteiger partial charge in [0.1, 0.15) is 0 Å². The Labute approximate surface area is 243 Å². The summed E-state index contributed by atoms with van der Waals surface area (Å²) < 4.78 is 0. The maximum atomic E-state index is 11.5. The molecule has 4 aromatic rings. The first-order valence-corrected chi connectivity index (χ1v) is 13.2. The number of nitro benzene ring substituents is 3. The van der Waals surface area contributed by atoms with Gasteiger partial charge in [-0.1, -0.05) is 70.5 Å². The van der Waals surface area contributed by atoms with Crippen LogP contribution in [0.15, 0.2) is 97.1 Å². The highest BCUT2D eigenvalue weighted by Crippen LogP contribution is 2.33. The Hall–Kier alpha value is -5.16. The minimum Gasteiger partial charge on any atom is -0.309 e. The summed E-state index contributed by atoms with van der Waals surface area (Å²) in [6.45, 7) is 2.19. The molecule has 0 aromatic heterocycles. The number of nitro groups is 3. The molecule has 0 amide bonds. The van der Waals surface area contributed by atoms with Gasteiger partial charge in [-0.3, -0.25) is 30.3 Å². The first-order chi connectivity index (χ1) is 20.0. The van der Waals surface area contributed by atoms with Crippen LogP contribution >= 0.6 is 0 Å². The number of aryl methyl sites for hydroxylation is 1. The van der Waals surface area contributed by atoms with Crippen LogP contribution in [0.2, 0.25) is 0 Å². The average Bonchev–Trinajstić information content (AvgIpc) is 2.97. The van der Waals surface area contributed by atoms with Crippen LogP contribution in [0, 0.1) is 37.3 Å². The quantitative estimate of drug-likeness (QED) is 0.103. The summed E-state index contributed by atoms with van der Waals surface area (Å²) in [6.07, 6.45) is 0.624. The highest BCUT2D eigenvalue weighted by Gasteiger charge is 2.30. The summed E-state index contributed by atoms with van der Waals surface area (Å²) in [4.78, 5) is 35.0. The van der Waals surface area contributed by atoms with E-state index in [9.17, 15) is 30.3 Å². The number of non-ortho nitro benzene ring substituents is 3. The molecule has 42 heavy (non-hydrogen) atoms. The largest absolute Gasteiger partial charge is 0.309 e. The molecule has 212 valence electrons. The molecular weight excluding hydrogens is 535 g/mol. The van der Waals surface area contributed by atoms with Crippen molar-refractivity contribution in [3.8, 4) is 0 Å². The van der Waals surface area contributed by atoms with E-state index in [4.69, 9.17) is 0 Å². The van der Waals surface area contributed by atoms with Crippen molar-refractivity contribution in [3.05, 3.63) is 144 Å². The lowest BCUT2D eigenvalue weighted by Gasteiger charge is -2.25. The molecule has 0 saturated heterocycles. The van der Waals surface area contributed by atoms with Crippen molar-refractivity contribution in [2.45, 2.75) is 13.3 Å². The van der Waals surface area contributed by atoms with Gasteiger partial charge in [-0.25, -0.2) is 0 Å². The average molecular weight is 564 g/mol. The summed E-state index contributed by atoms with van der Waals surface area (Å²) >= 11 is 0. The van der Waals surface area contributed by atoms with Gasteiger partial charge in [-0.15, -0.1) is 0 Å². The monoisotopic (exact) mass is 564 g/mol. The molecule has 0 heterocycles. The zero-order valence-electron chi connectivity index (χ0n) is 23.5. The van der Waals surface area contributed by atoms with Crippen LogP contribution in [-0.2, 0) is 0 Å². The Balaban J connectivity index is 2.08. The van der Waals surface area contributed by atoms with Crippen molar-refractivity contribution in [3.63, 3.8) is 0 Å². The lowest BCUT2D eigenvalue weighted by atomic mass is 9.34. The number of benzene rings is 4. The standard InChI is InChI=1S/C31H29BN4O6/c1-22-4-6-23(7-5-22)30(20-21-33(2)3)31(24-8-14-27(15-9-24)34(37)38)32(25-10-16-28(17-11-25)35(39)40)26-12-18-29(19-13-26)36(41)42/h4-19H,20-21H2,1-3H3/b31-30+. The molecular formula is C31H29BN4O6. The lowest BCUT2D eigenvalue weighted by molar-refractivity contribution is -0.385. The van der Waals surface area contributed by atoms with Gasteiger partial charge in [-0.05, 0) is 56.3 Å². The highest BCUT2D eigenvalue weighted by molar-refractivity contribution is 7.00. The topological polar surface area (TPSA) is 133 Å². The molecule has 0 spiro atoms. The van der Waals surface area contributed by atoms with E-state index in [1.807, 2.05) is 45.3 Å². The van der Waals surface area contributed by atoms with Crippen molar-refractivity contribution in [2.24, 2.45) is 0 Å². The molecule has 0 aliphatic heterocycles. The Morgan fingerprint density at radius 3 is 1.38 bits per heavy atom. The predicted molar refractivity (Wildman–Crippen MR) is 165 cm³/mol. The predicted octanol–water partition coefficient (Wildman–Crippen LogP) is 5.43. The van der Waals surface area contributed by atoms with Crippen LogP contribution in [0.5, 0.6) is 0 Å². The molecule has 0 unspecified atom stereocenters. The van der Waals surface area contributed by atoms with E-state index >= 15 is 0 Å². The zero-order chi connectivity index (χ0) is 30.4. The number of nitrogens with zero attached hydrogens (tertiary/aromatic N) is 4. The molecule has 4 rings (SSSR count). The Kier molecular flexibility index (Phi) is 9.23. The third-order valence-corrected chi connectivity index (χ3v) is 7.09. The lowest BCUT2D eigenvalue weighted by Crippen LogP contribution is -2.44. The highest BCUT2D eigenvalue weighted by atomic mass is 16.6. The summed E-state index contributed by atoms with van der Waals surface area (Å²) in [6, 6.07) is 26.9. The van der Waals surface area contributed by atoms with Gasteiger partial charge < -0.3 is 4.90 Å². The maximum Gasteiger partial charge on any atom is 0.269 e. The second-order valence-electron chi connectivity index (χ2n) is 10.2. The van der Waals surface area contributed by atoms with E-state index in [0.29, 0.717) is 13.0 Å². The van der Waals surface area contributed by atoms with E-state index in [0.717, 1.165) is 38.7 Å². The van der Waals surface area contributed by atoms with Crippen molar-refractivity contribution in [2.75, 3.05) is 20.6 Å². The minimum absolute atomic E-state index is 0.0505. The summed E-state index contributed by atoms with van der Waals surface area (Å²) in [5, 5.41) is 34.4. The second kappa shape index (κ2) is 13.0. The Bertz CT molecular complexity index is 1560. The van der Waals surface area contributed by atoms with Gasteiger partial charge in [0.25, 0.3) is 17.1 Å². The van der Waals surface area contributed by atoms with Crippen LogP contribution in [0.3, 0.4) is 0 Å². The van der Waals surface area contributed by atoms with Crippen molar-refractivity contribution < 1.29 is 14.8 Å². The summed E-state index contributed by atoms with van der Waals surface area (Å²) in [5.74, 6) is 0. The molecule has 0 N–H and O–H groups in total. The van der Waals surface area contributed by atoms with Crippen LogP contribution < -0.4 is 10.9 Å². The number of hydrogen-bond acceptors (Lipinski definition) is 7. The molecule has 0 radical (unpaired) electrons. The fourth-order valence-corrected chi connectivity index (χ4v) is 4.91. The van der Waals surface area contributed by atoms with Crippen LogP contribution in [0.25, 0.3) is 11.0 Å². The summed E-state index contributed by atoms with van der Waals surface area (Å²) in [7, 11) is 3.95. The van der Waals surface area contributed by atoms with Crippen LogP contribution in [0.4, 0.5) is 17.1 Å². The maximum absolute atomic E-state index is 11.5.